The van der Waals surface area contributed by atoms with E-state index in [9.17, 15) is 24.6 Å². The van der Waals surface area contributed by atoms with Crippen molar-refractivity contribution in [3.8, 4) is 11.1 Å². The summed E-state index contributed by atoms with van der Waals surface area (Å²) < 4.78 is 9.83. The second kappa shape index (κ2) is 8.32. The summed E-state index contributed by atoms with van der Waals surface area (Å²) in [5.74, 6) is -1.82. The van der Waals surface area contributed by atoms with E-state index in [0.29, 0.717) is 0 Å². The number of hydrogen-bond acceptors (Lipinski definition) is 6. The highest BCUT2D eigenvalue weighted by Crippen LogP contribution is 2.44. The Kier molecular flexibility index (Phi) is 5.84. The molecule has 0 fully saturated rings. The SMILES string of the molecule is COC(=O)N(C(=O)OCC1c2ccccc2-c2ccccc21)C(C(=O)O)C(C)O. The van der Waals surface area contributed by atoms with Crippen LogP contribution in [0.25, 0.3) is 11.1 Å². The van der Waals surface area contributed by atoms with Crippen molar-refractivity contribution in [2.75, 3.05) is 13.7 Å². The van der Waals surface area contributed by atoms with Crippen molar-refractivity contribution in [2.45, 2.75) is 25.0 Å². The summed E-state index contributed by atoms with van der Waals surface area (Å²) in [6, 6.07) is 13.6. The second-order valence-corrected chi connectivity index (χ2v) is 6.67. The molecule has 2 atom stereocenters. The molecule has 0 radical (unpaired) electrons. The number of ether oxygens (including phenoxy) is 2. The number of methoxy groups -OCH3 is 1. The molecule has 0 saturated heterocycles. The van der Waals surface area contributed by atoms with Gasteiger partial charge in [0.1, 0.15) is 6.61 Å². The lowest BCUT2D eigenvalue weighted by Crippen LogP contribution is -2.54. The average molecular weight is 399 g/mol. The molecule has 152 valence electrons. The highest BCUT2D eigenvalue weighted by molar-refractivity contribution is 5.93. The number of benzene rings is 2. The Labute approximate surface area is 167 Å². The van der Waals surface area contributed by atoms with E-state index in [2.05, 4.69) is 4.74 Å². The minimum absolute atomic E-state index is 0.105. The zero-order valence-corrected chi connectivity index (χ0v) is 15.9. The molecule has 0 aromatic heterocycles. The maximum atomic E-state index is 12.6. The molecule has 2 aromatic rings. The van der Waals surface area contributed by atoms with E-state index in [1.165, 1.54) is 0 Å². The molecule has 8 nitrogen and oxygen atoms in total. The first-order chi connectivity index (χ1) is 13.9. The molecule has 29 heavy (non-hydrogen) atoms. The minimum Gasteiger partial charge on any atom is -0.480 e. The first kappa shape index (κ1) is 20.3. The molecular formula is C21H21NO7. The van der Waals surface area contributed by atoms with Crippen molar-refractivity contribution in [3.05, 3.63) is 59.7 Å². The van der Waals surface area contributed by atoms with Gasteiger partial charge in [-0.05, 0) is 29.2 Å². The Morgan fingerprint density at radius 1 is 1.00 bits per heavy atom. The zero-order valence-electron chi connectivity index (χ0n) is 15.9. The van der Waals surface area contributed by atoms with Gasteiger partial charge in [-0.1, -0.05) is 48.5 Å². The third-order valence-electron chi connectivity index (χ3n) is 4.89. The molecule has 3 rings (SSSR count). The van der Waals surface area contributed by atoms with E-state index in [1.807, 2.05) is 48.5 Å². The summed E-state index contributed by atoms with van der Waals surface area (Å²) in [6.45, 7) is 1.05. The van der Waals surface area contributed by atoms with E-state index in [0.717, 1.165) is 36.3 Å². The van der Waals surface area contributed by atoms with Crippen LogP contribution in [0.15, 0.2) is 48.5 Å². The van der Waals surface area contributed by atoms with Crippen LogP contribution in [0.1, 0.15) is 24.0 Å². The quantitative estimate of drug-likeness (QED) is 0.795. The smallest absolute Gasteiger partial charge is 0.420 e. The number of aliphatic hydroxyl groups is 1. The topological polar surface area (TPSA) is 113 Å². The van der Waals surface area contributed by atoms with Crippen molar-refractivity contribution in [1.82, 2.24) is 4.90 Å². The molecule has 2 aromatic carbocycles. The summed E-state index contributed by atoms with van der Waals surface area (Å²) >= 11 is 0. The number of carboxylic acids is 1. The number of fused-ring (bicyclic) bond motifs is 3. The molecule has 1 aliphatic carbocycles. The molecule has 0 spiro atoms. The fourth-order valence-corrected chi connectivity index (χ4v) is 3.60. The molecule has 8 heteroatoms. The van der Waals surface area contributed by atoms with Crippen LogP contribution in [-0.4, -0.2) is 59.1 Å². The van der Waals surface area contributed by atoms with Gasteiger partial charge in [0.15, 0.2) is 6.04 Å². The molecule has 2 unspecified atom stereocenters. The van der Waals surface area contributed by atoms with E-state index in [1.54, 1.807) is 0 Å². The lowest BCUT2D eigenvalue weighted by Gasteiger charge is -2.27. The highest BCUT2D eigenvalue weighted by atomic mass is 16.6. The predicted octanol–water partition coefficient (Wildman–Crippen LogP) is 2.84. The first-order valence-electron chi connectivity index (χ1n) is 8.99. The largest absolute Gasteiger partial charge is 0.480 e. The fourth-order valence-electron chi connectivity index (χ4n) is 3.60. The number of amides is 2. The molecule has 1 aliphatic rings. The molecule has 0 bridgehead atoms. The zero-order chi connectivity index (χ0) is 21.1. The Balaban J connectivity index is 1.85. The maximum absolute atomic E-state index is 12.6. The van der Waals surface area contributed by atoms with Crippen LogP contribution in [0.4, 0.5) is 9.59 Å². The normalized spacial score (nSPS) is 14.3. The van der Waals surface area contributed by atoms with E-state index in [-0.39, 0.29) is 17.4 Å². The second-order valence-electron chi connectivity index (χ2n) is 6.67. The molecule has 2 N–H and O–H groups in total. The number of imide groups is 1. The van der Waals surface area contributed by atoms with Gasteiger partial charge in [-0.15, -0.1) is 0 Å². The molecule has 0 heterocycles. The first-order valence-corrected chi connectivity index (χ1v) is 8.99. The number of carboxylic acid groups (broad SMARTS) is 1. The van der Waals surface area contributed by atoms with E-state index < -0.39 is 30.3 Å². The van der Waals surface area contributed by atoms with Crippen LogP contribution in [0.5, 0.6) is 0 Å². The van der Waals surface area contributed by atoms with Gasteiger partial charge in [0.25, 0.3) is 0 Å². The van der Waals surface area contributed by atoms with Crippen LogP contribution in [0.2, 0.25) is 0 Å². The minimum atomic E-state index is -1.84. The van der Waals surface area contributed by atoms with Gasteiger partial charge in [0.05, 0.1) is 13.2 Å². The number of hydrogen-bond donors (Lipinski definition) is 2. The number of carbonyl (C=O) groups is 3. The van der Waals surface area contributed by atoms with Crippen molar-refractivity contribution in [3.63, 3.8) is 0 Å². The molecule has 0 saturated carbocycles. The summed E-state index contributed by atoms with van der Waals surface area (Å²) in [7, 11) is 1.01. The summed E-state index contributed by atoms with van der Waals surface area (Å²) in [5, 5.41) is 19.1. The fraction of sp³-hybridized carbons (Fsp3) is 0.286. The molecular weight excluding hydrogens is 378 g/mol. The van der Waals surface area contributed by atoms with Crippen molar-refractivity contribution < 1.29 is 34.1 Å². The highest BCUT2D eigenvalue weighted by Gasteiger charge is 2.41. The van der Waals surface area contributed by atoms with Gasteiger partial charge in [0, 0.05) is 5.92 Å². The van der Waals surface area contributed by atoms with Crippen LogP contribution >= 0.6 is 0 Å². The predicted molar refractivity (Wildman–Crippen MR) is 102 cm³/mol. The molecule has 2 amide bonds. The van der Waals surface area contributed by atoms with Crippen LogP contribution in [0, 0.1) is 0 Å². The number of nitrogens with zero attached hydrogens (tertiary/aromatic N) is 1. The van der Waals surface area contributed by atoms with Gasteiger partial charge in [-0.2, -0.15) is 4.90 Å². The lowest BCUT2D eigenvalue weighted by atomic mass is 9.98. The number of carbonyl (C=O) groups excluding carboxylic acids is 2. The standard InChI is InChI=1S/C21H21NO7/c1-12(23)18(19(24)25)22(20(26)28-2)21(27)29-11-17-15-9-5-3-7-13(15)14-8-4-6-10-16(14)17/h3-10,12,17-18,23H,11H2,1-2H3,(H,24,25). The Hall–Kier alpha value is -3.39. The molecule has 0 aliphatic heterocycles. The van der Waals surface area contributed by atoms with Crippen molar-refractivity contribution >= 4 is 18.2 Å². The summed E-state index contributed by atoms with van der Waals surface area (Å²) in [6.07, 6.45) is -3.95. The number of aliphatic hydroxyl groups excluding tert-OH is 1. The van der Waals surface area contributed by atoms with Crippen LogP contribution in [0.3, 0.4) is 0 Å². The van der Waals surface area contributed by atoms with Crippen molar-refractivity contribution in [2.24, 2.45) is 0 Å². The number of rotatable bonds is 5. The Morgan fingerprint density at radius 2 is 1.52 bits per heavy atom. The van der Waals surface area contributed by atoms with E-state index in [4.69, 9.17) is 4.74 Å². The van der Waals surface area contributed by atoms with E-state index >= 15 is 0 Å². The third-order valence-corrected chi connectivity index (χ3v) is 4.89. The lowest BCUT2D eigenvalue weighted by molar-refractivity contribution is -0.145. The Morgan fingerprint density at radius 3 is 1.97 bits per heavy atom. The average Bonchev–Trinajstić information content (AvgIpc) is 3.03. The monoisotopic (exact) mass is 399 g/mol. The van der Waals surface area contributed by atoms with Gasteiger partial charge in [0.2, 0.25) is 0 Å². The van der Waals surface area contributed by atoms with Gasteiger partial charge < -0.3 is 19.7 Å². The van der Waals surface area contributed by atoms with Crippen LogP contribution in [-0.2, 0) is 14.3 Å². The summed E-state index contributed by atoms with van der Waals surface area (Å²) in [4.78, 5) is 36.4. The van der Waals surface area contributed by atoms with Gasteiger partial charge >= 0.3 is 18.2 Å². The van der Waals surface area contributed by atoms with Crippen molar-refractivity contribution in [1.29, 1.82) is 0 Å². The van der Waals surface area contributed by atoms with Gasteiger partial charge in [-0.3, -0.25) is 0 Å². The number of aliphatic carboxylic acids is 1. The van der Waals surface area contributed by atoms with Crippen LogP contribution < -0.4 is 0 Å². The Bertz CT molecular complexity index is 895. The van der Waals surface area contributed by atoms with Gasteiger partial charge in [-0.25, -0.2) is 14.4 Å². The maximum Gasteiger partial charge on any atom is 0.420 e. The third kappa shape index (κ3) is 3.79. The summed E-state index contributed by atoms with van der Waals surface area (Å²) in [5.41, 5.74) is 4.00.